The number of esters is 1. The van der Waals surface area contributed by atoms with E-state index in [1.54, 1.807) is 60.7 Å². The van der Waals surface area contributed by atoms with E-state index in [0.29, 0.717) is 29.1 Å². The summed E-state index contributed by atoms with van der Waals surface area (Å²) in [6.45, 7) is 11.2. The van der Waals surface area contributed by atoms with Crippen LogP contribution in [-0.2, 0) is 33.4 Å². The van der Waals surface area contributed by atoms with Gasteiger partial charge < -0.3 is 34.4 Å². The van der Waals surface area contributed by atoms with E-state index in [4.69, 9.17) is 25.8 Å². The highest BCUT2D eigenvalue weighted by Crippen LogP contribution is 2.61. The summed E-state index contributed by atoms with van der Waals surface area (Å²) in [6, 6.07) is 13.1. The van der Waals surface area contributed by atoms with E-state index in [0.717, 1.165) is 0 Å². The maximum Gasteiger partial charge on any atom is 0.313 e. The molecule has 1 spiro atoms. The first-order valence-corrected chi connectivity index (χ1v) is 19.3. The SMILES string of the molecule is C=CCCC(=O)N[C@H](COC)[C@H](OC(=O)[C@H]1[C@@H]2O[C@@]3(CC2Br)[C@@H]1C(=O)N([C@@H](CO)[C@@H](C)CC)[C@@H]3C(=O)N(CC=C)c1ccc(Cl)cc1)c1ccccc1. The van der Waals surface area contributed by atoms with Crippen molar-refractivity contribution in [2.45, 2.75) is 80.3 Å². The second-order valence-electron chi connectivity index (χ2n) is 14.0. The van der Waals surface area contributed by atoms with Crippen LogP contribution in [0.25, 0.3) is 0 Å². The Morgan fingerprint density at radius 2 is 1.87 bits per heavy atom. The molecule has 5 rings (SSSR count). The summed E-state index contributed by atoms with van der Waals surface area (Å²) in [5.41, 5.74) is -0.260. The van der Waals surface area contributed by atoms with E-state index < -0.39 is 77.0 Å². The van der Waals surface area contributed by atoms with Crippen LogP contribution in [0.5, 0.6) is 0 Å². The molecule has 53 heavy (non-hydrogen) atoms. The summed E-state index contributed by atoms with van der Waals surface area (Å²) in [6.07, 6.45) is 3.00. The summed E-state index contributed by atoms with van der Waals surface area (Å²) >= 11 is 9.93. The van der Waals surface area contributed by atoms with Crippen molar-refractivity contribution in [2.75, 3.05) is 31.8 Å². The number of amides is 3. The molecule has 3 aliphatic rings. The van der Waals surface area contributed by atoms with E-state index in [9.17, 15) is 19.5 Å². The zero-order valence-corrected chi connectivity index (χ0v) is 32.7. The molecular weight excluding hydrogens is 766 g/mol. The number of hydrogen-bond acceptors (Lipinski definition) is 8. The van der Waals surface area contributed by atoms with Crippen LogP contribution in [0, 0.1) is 17.8 Å². The summed E-state index contributed by atoms with van der Waals surface area (Å²) in [7, 11) is 1.49. The highest BCUT2D eigenvalue weighted by atomic mass is 79.9. The molecule has 0 radical (unpaired) electrons. The van der Waals surface area contributed by atoms with Crippen molar-refractivity contribution >= 4 is 56.9 Å². The van der Waals surface area contributed by atoms with Gasteiger partial charge in [-0.15, -0.1) is 13.2 Å². The Labute approximate surface area is 324 Å². The normalized spacial score (nSPS) is 26.6. The Morgan fingerprint density at radius 1 is 1.17 bits per heavy atom. The Kier molecular flexibility index (Phi) is 13.6. The average Bonchev–Trinajstić information content (AvgIpc) is 3.75. The van der Waals surface area contributed by atoms with Crippen molar-refractivity contribution in [2.24, 2.45) is 17.8 Å². The van der Waals surface area contributed by atoms with Crippen LogP contribution in [0.3, 0.4) is 0 Å². The first-order chi connectivity index (χ1) is 25.5. The van der Waals surface area contributed by atoms with Gasteiger partial charge in [-0.25, -0.2) is 0 Å². The number of ether oxygens (including phenoxy) is 3. The zero-order valence-electron chi connectivity index (χ0n) is 30.4. The maximum atomic E-state index is 15.0. The predicted octanol–water partition coefficient (Wildman–Crippen LogP) is 5.40. The number of carbonyl (C=O) groups excluding carboxylic acids is 4. The molecule has 3 heterocycles. The molecule has 3 fully saturated rings. The smallest absolute Gasteiger partial charge is 0.313 e. The molecule has 11 nitrogen and oxygen atoms in total. The van der Waals surface area contributed by atoms with Crippen LogP contribution >= 0.6 is 27.5 Å². The number of methoxy groups -OCH3 is 1. The fourth-order valence-corrected chi connectivity index (χ4v) is 9.20. The van der Waals surface area contributed by atoms with Gasteiger partial charge in [0.1, 0.15) is 17.7 Å². The fraction of sp³-hybridized carbons (Fsp3) is 0.500. The molecule has 2 N–H and O–H groups in total. The maximum absolute atomic E-state index is 15.0. The number of nitrogens with zero attached hydrogens (tertiary/aromatic N) is 2. The van der Waals surface area contributed by atoms with Gasteiger partial charge in [-0.1, -0.05) is 90.3 Å². The van der Waals surface area contributed by atoms with Crippen LogP contribution in [0.15, 0.2) is 79.9 Å². The highest BCUT2D eigenvalue weighted by molar-refractivity contribution is 9.09. The van der Waals surface area contributed by atoms with Gasteiger partial charge in [0.15, 0.2) is 0 Å². The minimum Gasteiger partial charge on any atom is -0.455 e. The topological polar surface area (TPSA) is 135 Å². The molecule has 10 atom stereocenters. The standard InChI is InChI=1S/C40H49BrClN3O8/c1-6-9-15-31(47)43-29(23-51-5)34(25-13-11-10-12-14-25)52-39(50)32-33-37(48)45(30(22-46)24(4)8-3)36(40(33)21-28(41)35(32)53-40)38(49)44(20-7-2)27-18-16-26(42)17-19-27/h6-7,10-14,16-19,24,28-30,32-36,46H,1-2,8-9,15,20-23H2,3-5H3,(H,43,47)/t24-,28?,29+,30-,32+,33-,34+,35+,36+,40-/m0/s1. The number of aliphatic hydroxyl groups excluding tert-OH is 1. The molecule has 2 bridgehead atoms. The van der Waals surface area contributed by atoms with Gasteiger partial charge in [-0.05, 0) is 48.6 Å². The number of allylic oxidation sites excluding steroid dienone is 1. The lowest BCUT2D eigenvalue weighted by molar-refractivity contribution is -0.163. The number of anilines is 1. The Morgan fingerprint density at radius 3 is 2.47 bits per heavy atom. The van der Waals surface area contributed by atoms with Crippen LogP contribution in [0.4, 0.5) is 5.69 Å². The van der Waals surface area contributed by atoms with Gasteiger partial charge in [-0.2, -0.15) is 0 Å². The molecule has 2 aromatic rings. The van der Waals surface area contributed by atoms with Crippen molar-refractivity contribution in [3.8, 4) is 0 Å². The van der Waals surface area contributed by atoms with Gasteiger partial charge in [-0.3, -0.25) is 19.2 Å². The van der Waals surface area contributed by atoms with Crippen LogP contribution in [0.2, 0.25) is 5.02 Å². The van der Waals surface area contributed by atoms with Gasteiger partial charge in [0.05, 0.1) is 43.2 Å². The first kappa shape index (κ1) is 40.6. The number of likely N-dealkylation sites (tertiary alicyclic amines) is 1. The van der Waals surface area contributed by atoms with Crippen molar-refractivity contribution in [3.63, 3.8) is 0 Å². The lowest BCUT2D eigenvalue weighted by Gasteiger charge is -2.41. The van der Waals surface area contributed by atoms with Gasteiger partial charge in [0, 0.05) is 35.6 Å². The third-order valence-corrected chi connectivity index (χ3v) is 11.9. The molecule has 1 unspecified atom stereocenters. The van der Waals surface area contributed by atoms with E-state index >= 15 is 4.79 Å². The van der Waals surface area contributed by atoms with Crippen LogP contribution in [0.1, 0.15) is 51.2 Å². The number of fused-ring (bicyclic) bond motifs is 1. The Hall–Kier alpha value is -3.55. The molecule has 0 aromatic heterocycles. The molecule has 3 amide bonds. The number of aliphatic hydroxyl groups is 1. The summed E-state index contributed by atoms with van der Waals surface area (Å²) in [5.74, 6) is -4.23. The lowest BCUT2D eigenvalue weighted by Crippen LogP contribution is -2.60. The van der Waals surface area contributed by atoms with Crippen LogP contribution in [-0.4, -0.2) is 95.2 Å². The molecule has 13 heteroatoms. The molecule has 3 aliphatic heterocycles. The minimum atomic E-state index is -1.42. The fourth-order valence-electron chi connectivity index (χ4n) is 8.13. The number of benzene rings is 2. The largest absolute Gasteiger partial charge is 0.455 e. The highest BCUT2D eigenvalue weighted by Gasteiger charge is 2.78. The zero-order chi connectivity index (χ0) is 38.4. The third-order valence-electron chi connectivity index (χ3n) is 10.8. The number of carbonyl (C=O) groups is 4. The van der Waals surface area contributed by atoms with Gasteiger partial charge in [0.2, 0.25) is 11.8 Å². The quantitative estimate of drug-likeness (QED) is 0.116. The number of nitrogens with one attached hydrogen (secondary N) is 1. The predicted molar refractivity (Wildman–Crippen MR) is 205 cm³/mol. The number of alkyl halides is 1. The number of halogens is 2. The van der Waals surface area contributed by atoms with Crippen molar-refractivity contribution in [1.29, 1.82) is 0 Å². The average molecular weight is 815 g/mol. The van der Waals surface area contributed by atoms with Gasteiger partial charge >= 0.3 is 5.97 Å². The van der Waals surface area contributed by atoms with Crippen LogP contribution < -0.4 is 10.2 Å². The summed E-state index contributed by atoms with van der Waals surface area (Å²) in [4.78, 5) is 60.2. The molecule has 3 saturated heterocycles. The van der Waals surface area contributed by atoms with E-state index in [1.165, 1.54) is 16.9 Å². The van der Waals surface area contributed by atoms with E-state index in [1.807, 2.05) is 19.9 Å². The molecule has 2 aromatic carbocycles. The second kappa shape index (κ2) is 17.7. The van der Waals surface area contributed by atoms with Crippen molar-refractivity contribution < 1.29 is 38.5 Å². The monoisotopic (exact) mass is 813 g/mol. The van der Waals surface area contributed by atoms with Crippen molar-refractivity contribution in [1.82, 2.24) is 10.2 Å². The molecule has 0 saturated carbocycles. The van der Waals surface area contributed by atoms with E-state index in [-0.39, 0.29) is 37.8 Å². The first-order valence-electron chi connectivity index (χ1n) is 18.0. The lowest BCUT2D eigenvalue weighted by atomic mass is 9.70. The summed E-state index contributed by atoms with van der Waals surface area (Å²) in [5, 5.41) is 14.2. The van der Waals surface area contributed by atoms with Crippen molar-refractivity contribution in [3.05, 3.63) is 90.5 Å². The minimum absolute atomic E-state index is 0.0336. The van der Waals surface area contributed by atoms with E-state index in [2.05, 4.69) is 34.4 Å². The second-order valence-corrected chi connectivity index (χ2v) is 15.6. The number of rotatable bonds is 18. The Bertz CT molecular complexity index is 1650. The molecule has 0 aliphatic carbocycles. The third kappa shape index (κ3) is 7.98. The van der Waals surface area contributed by atoms with Gasteiger partial charge in [0.25, 0.3) is 5.91 Å². The number of hydrogen-bond donors (Lipinski definition) is 2. The molecular formula is C40H49BrClN3O8. The molecule has 286 valence electrons. The summed E-state index contributed by atoms with van der Waals surface area (Å²) < 4.78 is 18.6. The Balaban J connectivity index is 1.57.